The predicted octanol–water partition coefficient (Wildman–Crippen LogP) is 2.37. The zero-order valence-corrected chi connectivity index (χ0v) is 14.1. The number of anilines is 1. The fraction of sp³-hybridized carbons (Fsp3) is 0.529. The number of para-hydroxylation sites is 1. The maximum atomic E-state index is 12.6. The van der Waals surface area contributed by atoms with E-state index < -0.39 is 0 Å². The van der Waals surface area contributed by atoms with Crippen LogP contribution in [0.15, 0.2) is 29.2 Å². The zero-order chi connectivity index (χ0) is 16.2. The lowest BCUT2D eigenvalue weighted by atomic mass is 9.98. The minimum Gasteiger partial charge on any atom is -0.384 e. The van der Waals surface area contributed by atoms with Crippen LogP contribution in [0.5, 0.6) is 0 Å². The van der Waals surface area contributed by atoms with Gasteiger partial charge in [-0.1, -0.05) is 12.1 Å². The predicted molar refractivity (Wildman–Crippen MR) is 90.5 cm³/mol. The number of nitrogens with one attached hydrogen (secondary N) is 1. The number of carbonyl (C=O) groups excluding carboxylic acids is 2. The first-order chi connectivity index (χ1) is 11.2. The van der Waals surface area contributed by atoms with Crippen LogP contribution in [0.25, 0.3) is 0 Å². The smallest absolute Gasteiger partial charge is 0.238 e. The summed E-state index contributed by atoms with van der Waals surface area (Å²) in [4.78, 5) is 27.7. The molecule has 23 heavy (non-hydrogen) atoms. The van der Waals surface area contributed by atoms with Crippen molar-refractivity contribution in [2.45, 2.75) is 29.4 Å². The summed E-state index contributed by atoms with van der Waals surface area (Å²) in [6.45, 7) is 2.22. The molecule has 0 aliphatic carbocycles. The standard InChI is InChI=1S/C17H22N2O3S/c1-22-11-12-5-4-8-19(10-12)16(20)9-15-17(21)18-13-6-2-3-7-14(13)23-15/h2-3,6-7,12,15H,4-5,8-11H2,1H3,(H,18,21). The number of likely N-dealkylation sites (tertiary alicyclic amines) is 1. The van der Waals surface area contributed by atoms with Gasteiger partial charge in [-0.2, -0.15) is 0 Å². The Morgan fingerprint density at radius 2 is 2.26 bits per heavy atom. The molecule has 2 aliphatic heterocycles. The van der Waals surface area contributed by atoms with E-state index in [-0.39, 0.29) is 23.5 Å². The Hall–Kier alpha value is -1.53. The fourth-order valence-corrected chi connectivity index (χ4v) is 4.28. The number of ether oxygens (including phenoxy) is 1. The first kappa shape index (κ1) is 16.3. The third kappa shape index (κ3) is 3.87. The number of thioether (sulfide) groups is 1. The molecule has 1 saturated heterocycles. The molecule has 2 amide bonds. The van der Waals surface area contributed by atoms with Gasteiger partial charge in [-0.15, -0.1) is 11.8 Å². The largest absolute Gasteiger partial charge is 0.384 e. The average molecular weight is 334 g/mol. The second kappa shape index (κ2) is 7.36. The number of amides is 2. The molecule has 2 atom stereocenters. The van der Waals surface area contributed by atoms with Crippen molar-refractivity contribution in [2.75, 3.05) is 32.1 Å². The van der Waals surface area contributed by atoms with Gasteiger partial charge >= 0.3 is 0 Å². The second-order valence-corrected chi connectivity index (χ2v) is 7.34. The van der Waals surface area contributed by atoms with Gasteiger partial charge in [0.15, 0.2) is 0 Å². The van der Waals surface area contributed by atoms with Crippen molar-refractivity contribution < 1.29 is 14.3 Å². The van der Waals surface area contributed by atoms with Crippen molar-refractivity contribution in [3.05, 3.63) is 24.3 Å². The van der Waals surface area contributed by atoms with E-state index in [0.29, 0.717) is 12.5 Å². The monoisotopic (exact) mass is 334 g/mol. The highest BCUT2D eigenvalue weighted by atomic mass is 32.2. The number of carbonyl (C=O) groups is 2. The summed E-state index contributed by atoms with van der Waals surface area (Å²) in [5.41, 5.74) is 0.837. The van der Waals surface area contributed by atoms with Crippen LogP contribution in [0.4, 0.5) is 5.69 Å². The van der Waals surface area contributed by atoms with Crippen LogP contribution in [-0.2, 0) is 14.3 Å². The molecule has 2 aliphatic rings. The van der Waals surface area contributed by atoms with E-state index in [2.05, 4.69) is 5.32 Å². The highest BCUT2D eigenvalue weighted by molar-refractivity contribution is 8.01. The van der Waals surface area contributed by atoms with Gasteiger partial charge in [0.2, 0.25) is 11.8 Å². The van der Waals surface area contributed by atoms with Crippen LogP contribution in [0.2, 0.25) is 0 Å². The maximum Gasteiger partial charge on any atom is 0.238 e. The quantitative estimate of drug-likeness (QED) is 0.918. The molecule has 0 spiro atoms. The molecule has 2 unspecified atom stereocenters. The van der Waals surface area contributed by atoms with E-state index in [1.165, 1.54) is 11.8 Å². The van der Waals surface area contributed by atoms with Gasteiger partial charge in [0.05, 0.1) is 17.5 Å². The number of fused-ring (bicyclic) bond motifs is 1. The third-order valence-electron chi connectivity index (χ3n) is 4.34. The molecule has 0 aromatic heterocycles. The molecule has 1 N–H and O–H groups in total. The second-order valence-electron chi connectivity index (χ2n) is 6.10. The van der Waals surface area contributed by atoms with Crippen LogP contribution in [-0.4, -0.2) is 48.8 Å². The van der Waals surface area contributed by atoms with Gasteiger partial charge in [0.25, 0.3) is 0 Å². The third-order valence-corrected chi connectivity index (χ3v) is 5.62. The van der Waals surface area contributed by atoms with Crippen molar-refractivity contribution in [1.82, 2.24) is 4.90 Å². The molecular weight excluding hydrogens is 312 g/mol. The average Bonchev–Trinajstić information content (AvgIpc) is 2.56. The van der Waals surface area contributed by atoms with Crippen molar-refractivity contribution in [2.24, 2.45) is 5.92 Å². The Bertz CT molecular complexity index is 591. The zero-order valence-electron chi connectivity index (χ0n) is 13.3. The lowest BCUT2D eigenvalue weighted by molar-refractivity contribution is -0.134. The van der Waals surface area contributed by atoms with Crippen molar-refractivity contribution in [3.63, 3.8) is 0 Å². The molecule has 1 aromatic carbocycles. The van der Waals surface area contributed by atoms with Crippen molar-refractivity contribution in [3.8, 4) is 0 Å². The summed E-state index contributed by atoms with van der Waals surface area (Å²) in [6.07, 6.45) is 2.36. The Morgan fingerprint density at radius 3 is 3.09 bits per heavy atom. The Kier molecular flexibility index (Phi) is 5.23. The number of hydrogen-bond acceptors (Lipinski definition) is 4. The molecule has 2 heterocycles. The molecule has 1 aromatic rings. The van der Waals surface area contributed by atoms with Crippen LogP contribution >= 0.6 is 11.8 Å². The number of benzene rings is 1. The molecule has 0 radical (unpaired) electrons. The van der Waals surface area contributed by atoms with Crippen LogP contribution in [0.1, 0.15) is 19.3 Å². The number of methoxy groups -OCH3 is 1. The van der Waals surface area contributed by atoms with Crippen molar-refractivity contribution in [1.29, 1.82) is 0 Å². The first-order valence-electron chi connectivity index (χ1n) is 8.00. The highest BCUT2D eigenvalue weighted by Gasteiger charge is 2.31. The van der Waals surface area contributed by atoms with E-state index >= 15 is 0 Å². The minimum atomic E-state index is -0.347. The number of piperidine rings is 1. The van der Waals surface area contributed by atoms with Crippen molar-refractivity contribution >= 4 is 29.3 Å². The fourth-order valence-electron chi connectivity index (χ4n) is 3.18. The lowest BCUT2D eigenvalue weighted by Gasteiger charge is -2.33. The van der Waals surface area contributed by atoms with E-state index in [1.807, 2.05) is 29.2 Å². The highest BCUT2D eigenvalue weighted by Crippen LogP contribution is 2.37. The van der Waals surface area contributed by atoms with Gasteiger partial charge in [0, 0.05) is 31.5 Å². The Labute approximate surface area is 140 Å². The molecule has 6 heteroatoms. The van der Waals surface area contributed by atoms with Gasteiger partial charge in [-0.05, 0) is 30.9 Å². The molecule has 124 valence electrons. The van der Waals surface area contributed by atoms with E-state index in [0.717, 1.165) is 36.5 Å². The topological polar surface area (TPSA) is 58.6 Å². The summed E-state index contributed by atoms with van der Waals surface area (Å²) in [7, 11) is 1.70. The van der Waals surface area contributed by atoms with Crippen LogP contribution in [0, 0.1) is 5.92 Å². The lowest BCUT2D eigenvalue weighted by Crippen LogP contribution is -2.43. The van der Waals surface area contributed by atoms with Gasteiger partial charge in [0.1, 0.15) is 0 Å². The molecule has 5 nitrogen and oxygen atoms in total. The molecule has 0 saturated carbocycles. The maximum absolute atomic E-state index is 12.6. The summed E-state index contributed by atoms with van der Waals surface area (Å²) in [6, 6.07) is 7.71. The molecule has 3 rings (SSSR count). The number of nitrogens with zero attached hydrogens (tertiary/aromatic N) is 1. The summed E-state index contributed by atoms with van der Waals surface area (Å²) in [5.74, 6) is 0.400. The number of hydrogen-bond donors (Lipinski definition) is 1. The summed E-state index contributed by atoms with van der Waals surface area (Å²) in [5, 5.41) is 2.55. The Morgan fingerprint density at radius 1 is 1.43 bits per heavy atom. The molecule has 0 bridgehead atoms. The van der Waals surface area contributed by atoms with Gasteiger partial charge in [-0.25, -0.2) is 0 Å². The minimum absolute atomic E-state index is 0.0674. The molecular formula is C17H22N2O3S. The first-order valence-corrected chi connectivity index (χ1v) is 8.88. The summed E-state index contributed by atoms with van der Waals surface area (Å²) < 4.78 is 5.21. The summed E-state index contributed by atoms with van der Waals surface area (Å²) >= 11 is 1.48. The van der Waals surface area contributed by atoms with Gasteiger partial charge in [-0.3, -0.25) is 9.59 Å². The van der Waals surface area contributed by atoms with E-state index in [4.69, 9.17) is 4.74 Å². The van der Waals surface area contributed by atoms with Crippen LogP contribution < -0.4 is 5.32 Å². The number of rotatable bonds is 4. The van der Waals surface area contributed by atoms with Crippen LogP contribution in [0.3, 0.4) is 0 Å². The molecule has 1 fully saturated rings. The SMILES string of the molecule is COCC1CCCN(C(=O)CC2Sc3ccccc3NC2=O)C1. The van der Waals surface area contributed by atoms with E-state index in [1.54, 1.807) is 7.11 Å². The van der Waals surface area contributed by atoms with Gasteiger partial charge < -0.3 is 15.0 Å². The normalized spacial score (nSPS) is 24.0. The Balaban J connectivity index is 1.60. The van der Waals surface area contributed by atoms with E-state index in [9.17, 15) is 9.59 Å².